The Balaban J connectivity index is 1.91. The van der Waals surface area contributed by atoms with Crippen molar-refractivity contribution >= 4 is 10.2 Å². The van der Waals surface area contributed by atoms with Gasteiger partial charge in [-0.05, 0) is 43.0 Å². The average molecular weight is 331 g/mol. The molecule has 1 atom stereocenters. The number of piperidine rings is 1. The fourth-order valence-electron chi connectivity index (χ4n) is 2.76. The molecule has 124 valence electrons. The number of ether oxygens (including phenoxy) is 1. The van der Waals surface area contributed by atoms with Crippen LogP contribution in [0, 0.1) is 11.7 Å². The van der Waals surface area contributed by atoms with E-state index < -0.39 is 10.2 Å². The minimum atomic E-state index is -3.65. The number of likely N-dealkylation sites (tertiary alicyclic amines) is 1. The SMILES string of the molecule is COc1ccc(CN2CCC[C@@H](CNS(N)(=O)=O)C2)cc1F. The number of benzene rings is 1. The van der Waals surface area contributed by atoms with E-state index in [0.717, 1.165) is 31.5 Å². The molecule has 0 amide bonds. The highest BCUT2D eigenvalue weighted by Crippen LogP contribution is 2.21. The molecule has 0 spiro atoms. The van der Waals surface area contributed by atoms with Gasteiger partial charge in [-0.2, -0.15) is 8.42 Å². The van der Waals surface area contributed by atoms with Crippen LogP contribution in [-0.4, -0.2) is 40.1 Å². The Bertz CT molecular complexity index is 609. The summed E-state index contributed by atoms with van der Waals surface area (Å²) in [4.78, 5) is 2.19. The van der Waals surface area contributed by atoms with Gasteiger partial charge in [-0.3, -0.25) is 4.90 Å². The lowest BCUT2D eigenvalue weighted by molar-refractivity contribution is 0.168. The van der Waals surface area contributed by atoms with Crippen LogP contribution in [0.5, 0.6) is 5.75 Å². The zero-order valence-corrected chi connectivity index (χ0v) is 13.4. The molecule has 1 fully saturated rings. The molecule has 0 aliphatic carbocycles. The molecule has 1 aliphatic heterocycles. The Morgan fingerprint density at radius 1 is 1.50 bits per heavy atom. The smallest absolute Gasteiger partial charge is 0.274 e. The summed E-state index contributed by atoms with van der Waals surface area (Å²) in [6.07, 6.45) is 1.94. The summed E-state index contributed by atoms with van der Waals surface area (Å²) in [5, 5.41) is 4.95. The number of rotatable bonds is 6. The van der Waals surface area contributed by atoms with Crippen LogP contribution in [0.15, 0.2) is 18.2 Å². The van der Waals surface area contributed by atoms with Gasteiger partial charge in [0.2, 0.25) is 0 Å². The molecule has 0 unspecified atom stereocenters. The van der Waals surface area contributed by atoms with Gasteiger partial charge in [-0.1, -0.05) is 6.07 Å². The van der Waals surface area contributed by atoms with Crippen LogP contribution in [0.25, 0.3) is 0 Å². The number of nitrogens with one attached hydrogen (secondary N) is 1. The van der Waals surface area contributed by atoms with Crippen LogP contribution in [-0.2, 0) is 16.8 Å². The molecule has 6 nitrogen and oxygen atoms in total. The summed E-state index contributed by atoms with van der Waals surface area (Å²) in [6, 6.07) is 4.94. The van der Waals surface area contributed by atoms with Gasteiger partial charge in [-0.15, -0.1) is 0 Å². The largest absolute Gasteiger partial charge is 0.494 e. The summed E-state index contributed by atoms with van der Waals surface area (Å²) in [5.74, 6) is 0.0808. The molecule has 1 aromatic rings. The van der Waals surface area contributed by atoms with E-state index in [1.807, 2.05) is 6.07 Å². The van der Waals surface area contributed by atoms with Crippen LogP contribution in [0.1, 0.15) is 18.4 Å². The highest BCUT2D eigenvalue weighted by molar-refractivity contribution is 7.87. The first-order chi connectivity index (χ1) is 10.4. The maximum atomic E-state index is 13.7. The average Bonchev–Trinajstić information content (AvgIpc) is 2.45. The number of halogens is 1. The van der Waals surface area contributed by atoms with Crippen LogP contribution in [0.2, 0.25) is 0 Å². The lowest BCUT2D eigenvalue weighted by atomic mass is 9.98. The maximum Gasteiger partial charge on any atom is 0.274 e. The van der Waals surface area contributed by atoms with E-state index in [0.29, 0.717) is 13.1 Å². The minimum Gasteiger partial charge on any atom is -0.494 e. The van der Waals surface area contributed by atoms with Gasteiger partial charge >= 0.3 is 0 Å². The molecule has 3 N–H and O–H groups in total. The Hall–Kier alpha value is -1.22. The molecule has 0 aromatic heterocycles. The van der Waals surface area contributed by atoms with E-state index in [2.05, 4.69) is 9.62 Å². The second-order valence-corrected chi connectivity index (χ2v) is 6.98. The second kappa shape index (κ2) is 7.36. The van der Waals surface area contributed by atoms with Gasteiger partial charge in [0, 0.05) is 19.6 Å². The topological polar surface area (TPSA) is 84.7 Å². The maximum absolute atomic E-state index is 13.7. The summed E-state index contributed by atoms with van der Waals surface area (Å²) < 4.78 is 42.8. The second-order valence-electron chi connectivity index (χ2n) is 5.61. The predicted molar refractivity (Wildman–Crippen MR) is 82.1 cm³/mol. The van der Waals surface area contributed by atoms with Crippen LogP contribution < -0.4 is 14.6 Å². The number of hydrogen-bond donors (Lipinski definition) is 2. The van der Waals surface area contributed by atoms with Crippen LogP contribution in [0.3, 0.4) is 0 Å². The van der Waals surface area contributed by atoms with E-state index in [-0.39, 0.29) is 17.5 Å². The van der Waals surface area contributed by atoms with Gasteiger partial charge in [0.1, 0.15) is 0 Å². The van der Waals surface area contributed by atoms with E-state index in [4.69, 9.17) is 9.88 Å². The van der Waals surface area contributed by atoms with Crippen molar-refractivity contribution in [2.75, 3.05) is 26.7 Å². The molecule has 2 rings (SSSR count). The normalized spacial score (nSPS) is 20.0. The third kappa shape index (κ3) is 5.20. The molecule has 0 saturated carbocycles. The fourth-order valence-corrected chi connectivity index (χ4v) is 3.23. The van der Waals surface area contributed by atoms with Gasteiger partial charge in [-0.25, -0.2) is 14.3 Å². The minimum absolute atomic E-state index is 0.218. The first-order valence-corrected chi connectivity index (χ1v) is 8.74. The zero-order valence-electron chi connectivity index (χ0n) is 12.6. The summed E-state index contributed by atoms with van der Waals surface area (Å²) >= 11 is 0. The molecule has 8 heteroatoms. The molecule has 1 heterocycles. The molecule has 1 saturated heterocycles. The molecular formula is C14H22FN3O3S. The third-order valence-corrected chi connectivity index (χ3v) is 4.37. The van der Waals surface area contributed by atoms with Crippen molar-refractivity contribution < 1.29 is 17.5 Å². The van der Waals surface area contributed by atoms with Gasteiger partial charge in [0.25, 0.3) is 10.2 Å². The van der Waals surface area contributed by atoms with Crippen molar-refractivity contribution in [3.63, 3.8) is 0 Å². The van der Waals surface area contributed by atoms with Crippen molar-refractivity contribution in [1.82, 2.24) is 9.62 Å². The first-order valence-electron chi connectivity index (χ1n) is 7.19. The predicted octanol–water partition coefficient (Wildman–Crippen LogP) is 0.839. The monoisotopic (exact) mass is 331 g/mol. The van der Waals surface area contributed by atoms with E-state index in [1.165, 1.54) is 13.2 Å². The highest BCUT2D eigenvalue weighted by Gasteiger charge is 2.21. The van der Waals surface area contributed by atoms with Crippen LogP contribution >= 0.6 is 0 Å². The number of methoxy groups -OCH3 is 1. The Morgan fingerprint density at radius 2 is 2.27 bits per heavy atom. The third-order valence-electron chi connectivity index (χ3n) is 3.80. The van der Waals surface area contributed by atoms with Gasteiger partial charge in [0.05, 0.1) is 7.11 Å². The van der Waals surface area contributed by atoms with Crippen molar-refractivity contribution in [3.05, 3.63) is 29.6 Å². The summed E-state index contributed by atoms with van der Waals surface area (Å²) in [6.45, 7) is 2.65. The zero-order chi connectivity index (χ0) is 16.2. The number of hydrogen-bond acceptors (Lipinski definition) is 4. The van der Waals surface area contributed by atoms with Crippen molar-refractivity contribution in [1.29, 1.82) is 0 Å². The Morgan fingerprint density at radius 3 is 2.91 bits per heavy atom. The van der Waals surface area contributed by atoms with Crippen molar-refractivity contribution in [2.24, 2.45) is 11.1 Å². The first kappa shape index (κ1) is 17.1. The molecule has 22 heavy (non-hydrogen) atoms. The van der Waals surface area contributed by atoms with E-state index in [1.54, 1.807) is 6.07 Å². The molecule has 0 radical (unpaired) electrons. The summed E-state index contributed by atoms with van der Waals surface area (Å²) in [7, 11) is -2.21. The Labute approximate surface area is 130 Å². The number of nitrogens with two attached hydrogens (primary N) is 1. The lowest BCUT2D eigenvalue weighted by Crippen LogP contribution is -2.42. The quantitative estimate of drug-likeness (QED) is 0.809. The van der Waals surface area contributed by atoms with Crippen LogP contribution in [0.4, 0.5) is 4.39 Å². The molecule has 1 aliphatic rings. The van der Waals surface area contributed by atoms with Gasteiger partial charge < -0.3 is 4.74 Å². The van der Waals surface area contributed by atoms with Crippen molar-refractivity contribution in [3.8, 4) is 5.75 Å². The van der Waals surface area contributed by atoms with E-state index in [9.17, 15) is 12.8 Å². The van der Waals surface area contributed by atoms with Crippen molar-refractivity contribution in [2.45, 2.75) is 19.4 Å². The Kier molecular flexibility index (Phi) is 5.74. The molecule has 1 aromatic carbocycles. The fraction of sp³-hybridized carbons (Fsp3) is 0.571. The molecule has 0 bridgehead atoms. The molecular weight excluding hydrogens is 309 g/mol. The standard InChI is InChI=1S/C14H22FN3O3S/c1-21-14-5-4-11(7-13(14)15)9-18-6-2-3-12(10-18)8-17-22(16,19)20/h4-5,7,12,17H,2-3,6,8-10H2,1H3,(H2,16,19,20)/t12-/m0/s1. The highest BCUT2D eigenvalue weighted by atomic mass is 32.2. The number of nitrogens with zero attached hydrogens (tertiary/aromatic N) is 1. The van der Waals surface area contributed by atoms with Gasteiger partial charge in [0.15, 0.2) is 11.6 Å². The lowest BCUT2D eigenvalue weighted by Gasteiger charge is -2.32. The summed E-state index contributed by atoms with van der Waals surface area (Å²) in [5.41, 5.74) is 0.873. The van der Waals surface area contributed by atoms with E-state index >= 15 is 0 Å².